The molecule has 7 heteroatoms. The number of oxime groups is 1. The van der Waals surface area contributed by atoms with Gasteiger partial charge in [0.05, 0.1) is 11.8 Å². The molecule has 6 atom stereocenters. The van der Waals surface area contributed by atoms with E-state index >= 15 is 0 Å². The molecule has 1 amide bonds. The van der Waals surface area contributed by atoms with Crippen molar-refractivity contribution in [3.05, 3.63) is 35.4 Å². The highest BCUT2D eigenvalue weighted by molar-refractivity contribution is 5.96. The van der Waals surface area contributed by atoms with Crippen LogP contribution >= 0.6 is 0 Å². The first-order valence-corrected chi connectivity index (χ1v) is 13.6. The Kier molecular flexibility index (Phi) is 6.79. The average Bonchev–Trinajstić information content (AvgIpc) is 3.16. The molecule has 0 aliphatic heterocycles. The summed E-state index contributed by atoms with van der Waals surface area (Å²) in [5.41, 5.74) is 3.55. The van der Waals surface area contributed by atoms with Crippen LogP contribution in [0.1, 0.15) is 70.8 Å². The van der Waals surface area contributed by atoms with E-state index in [2.05, 4.69) is 30.4 Å². The first kappa shape index (κ1) is 25.1. The van der Waals surface area contributed by atoms with Gasteiger partial charge in [0.1, 0.15) is 0 Å². The van der Waals surface area contributed by atoms with Gasteiger partial charge in [-0.3, -0.25) is 4.79 Å². The zero-order valence-corrected chi connectivity index (χ0v) is 21.5. The van der Waals surface area contributed by atoms with Crippen LogP contribution in [0.2, 0.25) is 0 Å². The lowest BCUT2D eigenvalue weighted by atomic mass is 9.47. The summed E-state index contributed by atoms with van der Waals surface area (Å²) in [6.45, 7) is 5.06. The van der Waals surface area contributed by atoms with Crippen LogP contribution in [-0.4, -0.2) is 46.2 Å². The molecule has 4 aliphatic carbocycles. The van der Waals surface area contributed by atoms with E-state index in [1.165, 1.54) is 37.0 Å². The Morgan fingerprint density at radius 3 is 2.72 bits per heavy atom. The van der Waals surface area contributed by atoms with Crippen LogP contribution in [-0.2, 0) is 16.1 Å². The highest BCUT2D eigenvalue weighted by atomic mass is 16.6. The zero-order valence-electron chi connectivity index (χ0n) is 21.5. The van der Waals surface area contributed by atoms with Crippen LogP contribution < -0.4 is 5.32 Å². The Labute approximate surface area is 213 Å². The van der Waals surface area contributed by atoms with Crippen molar-refractivity contribution in [1.29, 1.82) is 0 Å². The summed E-state index contributed by atoms with van der Waals surface area (Å²) in [5.74, 6) is 1.50. The Hall–Kier alpha value is -2.54. The number of aromatic hydroxyl groups is 2. The first-order chi connectivity index (χ1) is 17.2. The largest absolute Gasteiger partial charge is 0.504 e. The summed E-state index contributed by atoms with van der Waals surface area (Å²) in [6.07, 6.45) is 11.3. The molecule has 0 radical (unpaired) electrons. The number of carbonyl (C=O) groups is 1. The summed E-state index contributed by atoms with van der Waals surface area (Å²) in [5, 5.41) is 36.7. The number of hydrogen-bond acceptors (Lipinski definition) is 6. The molecular formula is C29H40N2O5. The van der Waals surface area contributed by atoms with Crippen molar-refractivity contribution in [3.63, 3.8) is 0 Å². The topological polar surface area (TPSA) is 111 Å². The van der Waals surface area contributed by atoms with Crippen LogP contribution in [0.5, 0.6) is 11.5 Å². The minimum Gasteiger partial charge on any atom is -0.504 e. The molecule has 0 bridgehead atoms. The maximum absolute atomic E-state index is 12.1. The summed E-state index contributed by atoms with van der Waals surface area (Å²) in [7, 11) is 0. The van der Waals surface area contributed by atoms with Gasteiger partial charge in [0.25, 0.3) is 5.91 Å². The second kappa shape index (κ2) is 9.73. The maximum atomic E-state index is 12.1. The number of hydrogen-bond donors (Lipinski definition) is 4. The fraction of sp³-hybridized carbons (Fsp3) is 0.655. The number of phenolic OH excluding ortho intramolecular Hbond substituents is 2. The monoisotopic (exact) mass is 496 g/mol. The highest BCUT2D eigenvalue weighted by Crippen LogP contribution is 2.65. The summed E-state index contributed by atoms with van der Waals surface area (Å²) >= 11 is 0. The van der Waals surface area contributed by atoms with Crippen molar-refractivity contribution in [3.8, 4) is 11.5 Å². The molecule has 3 fully saturated rings. The Balaban J connectivity index is 1.13. The van der Waals surface area contributed by atoms with E-state index in [1.807, 2.05) is 0 Å². The van der Waals surface area contributed by atoms with Crippen molar-refractivity contribution in [2.45, 2.75) is 77.7 Å². The number of nitrogens with zero attached hydrogens (tertiary/aromatic N) is 1. The van der Waals surface area contributed by atoms with E-state index in [4.69, 9.17) is 4.84 Å². The van der Waals surface area contributed by atoms with Crippen molar-refractivity contribution in [2.24, 2.45) is 33.7 Å². The number of phenols is 2. The summed E-state index contributed by atoms with van der Waals surface area (Å²) in [4.78, 5) is 17.5. The van der Waals surface area contributed by atoms with Gasteiger partial charge in [0.2, 0.25) is 0 Å². The van der Waals surface area contributed by atoms with E-state index in [0.717, 1.165) is 43.4 Å². The number of rotatable bonds is 6. The van der Waals surface area contributed by atoms with Crippen LogP contribution in [0.3, 0.4) is 0 Å². The van der Waals surface area contributed by atoms with Crippen molar-refractivity contribution in [2.75, 3.05) is 13.2 Å². The van der Waals surface area contributed by atoms with E-state index in [-0.39, 0.29) is 40.9 Å². The minimum absolute atomic E-state index is 0.111. The van der Waals surface area contributed by atoms with Crippen LogP contribution in [0.15, 0.2) is 35.0 Å². The number of allylic oxidation sites excluding steroid dienone is 2. The molecule has 3 saturated carbocycles. The number of nitrogens with one attached hydrogen (secondary N) is 1. The molecule has 0 spiro atoms. The van der Waals surface area contributed by atoms with E-state index < -0.39 is 0 Å². The molecule has 5 rings (SSSR count). The first-order valence-electron chi connectivity index (χ1n) is 13.6. The number of fused-ring (bicyclic) bond motifs is 5. The fourth-order valence-corrected chi connectivity index (χ4v) is 7.91. The van der Waals surface area contributed by atoms with Crippen LogP contribution in [0.4, 0.5) is 0 Å². The molecule has 0 saturated heterocycles. The number of carbonyl (C=O) groups excluding carboxylic acids is 1. The third-order valence-electron chi connectivity index (χ3n) is 10.1. The van der Waals surface area contributed by atoms with Crippen LogP contribution in [0, 0.1) is 28.6 Å². The van der Waals surface area contributed by atoms with Gasteiger partial charge in [0, 0.05) is 6.54 Å². The molecule has 4 unspecified atom stereocenters. The summed E-state index contributed by atoms with van der Waals surface area (Å²) in [6, 6.07) is 4.64. The predicted octanol–water partition coefficient (Wildman–Crippen LogP) is 4.45. The molecule has 7 nitrogen and oxygen atoms in total. The molecule has 4 aliphatic rings. The molecular weight excluding hydrogens is 456 g/mol. The maximum Gasteiger partial charge on any atom is 0.260 e. The van der Waals surface area contributed by atoms with Gasteiger partial charge in [-0.2, -0.15) is 0 Å². The summed E-state index contributed by atoms with van der Waals surface area (Å²) < 4.78 is 0. The lowest BCUT2D eigenvalue weighted by molar-refractivity contribution is -0.125. The lowest BCUT2D eigenvalue weighted by Gasteiger charge is -2.57. The van der Waals surface area contributed by atoms with Gasteiger partial charge in [-0.05, 0) is 110 Å². The second-order valence-corrected chi connectivity index (χ2v) is 11.9. The Morgan fingerprint density at radius 2 is 1.92 bits per heavy atom. The van der Waals surface area contributed by atoms with Crippen molar-refractivity contribution >= 4 is 11.6 Å². The molecule has 1 aromatic rings. The fourth-order valence-electron chi connectivity index (χ4n) is 7.91. The molecule has 36 heavy (non-hydrogen) atoms. The van der Waals surface area contributed by atoms with Crippen molar-refractivity contribution in [1.82, 2.24) is 5.32 Å². The van der Waals surface area contributed by atoms with Crippen molar-refractivity contribution < 1.29 is 25.0 Å². The number of aliphatic hydroxyl groups is 1. The van der Waals surface area contributed by atoms with Gasteiger partial charge in [-0.15, -0.1) is 0 Å². The van der Waals surface area contributed by atoms with Crippen LogP contribution in [0.25, 0.3) is 0 Å². The smallest absolute Gasteiger partial charge is 0.260 e. The Morgan fingerprint density at radius 1 is 1.08 bits per heavy atom. The average molecular weight is 497 g/mol. The third kappa shape index (κ3) is 4.51. The Bertz CT molecular complexity index is 1070. The van der Waals surface area contributed by atoms with E-state index in [9.17, 15) is 20.1 Å². The minimum atomic E-state index is -0.236. The number of amides is 1. The van der Waals surface area contributed by atoms with Gasteiger partial charge in [0.15, 0.2) is 18.1 Å². The molecule has 196 valence electrons. The lowest BCUT2D eigenvalue weighted by Crippen LogP contribution is -2.51. The second-order valence-electron chi connectivity index (χ2n) is 11.9. The van der Waals surface area contributed by atoms with Gasteiger partial charge >= 0.3 is 0 Å². The SMILES string of the molecule is C[C@]12CCC3C(CCC4=C/C(=N\OCC(=O)NCCc5ccc(O)c(O)c5)CC[C@@]43C)C1CCC2O. The molecule has 0 aromatic heterocycles. The number of aliphatic hydroxyl groups excluding tert-OH is 1. The molecule has 4 N–H and O–H groups in total. The third-order valence-corrected chi connectivity index (χ3v) is 10.1. The standard InChI is InChI=1S/C29H40N2O5/c1-28-12-9-20(31-36-17-27(35)30-14-11-18-3-7-24(32)25(33)15-18)16-19(28)4-5-21-22-6-8-26(34)29(22,2)13-10-23(21)28/h3,7,15-16,21-23,26,32-34H,4-6,8-14,17H2,1-2H3,(H,30,35)/b31-20-/t21?,22?,23?,26?,28-,29-/m0/s1. The van der Waals surface area contributed by atoms with Gasteiger partial charge in [-0.25, -0.2) is 0 Å². The highest BCUT2D eigenvalue weighted by Gasteiger charge is 2.58. The van der Waals surface area contributed by atoms with E-state index in [1.54, 1.807) is 6.07 Å². The molecule has 1 aromatic carbocycles. The van der Waals surface area contributed by atoms with E-state index in [0.29, 0.717) is 30.7 Å². The quantitative estimate of drug-likeness (QED) is 0.343. The predicted molar refractivity (Wildman–Crippen MR) is 138 cm³/mol. The zero-order chi connectivity index (χ0) is 25.5. The normalized spacial score (nSPS) is 36.4. The molecule has 0 heterocycles. The van der Waals surface area contributed by atoms with Gasteiger partial charge < -0.3 is 25.5 Å². The number of benzene rings is 1. The van der Waals surface area contributed by atoms with Gasteiger partial charge in [-0.1, -0.05) is 30.6 Å².